The molecule has 0 unspecified atom stereocenters. The van der Waals surface area contributed by atoms with E-state index in [2.05, 4.69) is 10.2 Å². The van der Waals surface area contributed by atoms with Gasteiger partial charge in [0.2, 0.25) is 0 Å². The summed E-state index contributed by atoms with van der Waals surface area (Å²) in [6, 6.07) is 5.12. The van der Waals surface area contributed by atoms with E-state index in [1.54, 1.807) is 0 Å². The molecule has 1 aliphatic heterocycles. The topological polar surface area (TPSA) is 24.5 Å². The molecule has 20 heavy (non-hydrogen) atoms. The predicted molar refractivity (Wildman–Crippen MR) is 70.4 cm³/mol. The molecule has 3 nitrogen and oxygen atoms in total. The van der Waals surface area contributed by atoms with E-state index < -0.39 is 11.7 Å². The fourth-order valence-electron chi connectivity index (χ4n) is 2.11. The summed E-state index contributed by atoms with van der Waals surface area (Å²) < 4.78 is 42.7. The summed E-state index contributed by atoms with van der Waals surface area (Å²) in [4.78, 5) is 2.31. The average Bonchev–Trinajstić information content (AvgIpc) is 2.44. The first-order chi connectivity index (χ1) is 9.55. The van der Waals surface area contributed by atoms with Crippen LogP contribution in [0.3, 0.4) is 0 Å². The second-order valence-electron chi connectivity index (χ2n) is 4.84. The number of rotatable bonds is 5. The molecule has 0 amide bonds. The summed E-state index contributed by atoms with van der Waals surface area (Å²) in [5, 5.41) is 3.27. The summed E-state index contributed by atoms with van der Waals surface area (Å²) in [6.45, 7) is 5.85. The first kappa shape index (κ1) is 15.3. The number of hydrogen-bond donors (Lipinski definition) is 1. The molecule has 0 aliphatic carbocycles. The normalized spacial score (nSPS) is 17.4. The van der Waals surface area contributed by atoms with Gasteiger partial charge in [0.15, 0.2) is 0 Å². The summed E-state index contributed by atoms with van der Waals surface area (Å²) in [6.07, 6.45) is -4.28. The van der Waals surface area contributed by atoms with Crippen molar-refractivity contribution in [3.63, 3.8) is 0 Å². The first-order valence-electron chi connectivity index (χ1n) is 6.73. The van der Waals surface area contributed by atoms with Gasteiger partial charge in [-0.2, -0.15) is 13.2 Å². The monoisotopic (exact) mass is 288 g/mol. The lowest BCUT2D eigenvalue weighted by Crippen LogP contribution is -2.44. The second-order valence-corrected chi connectivity index (χ2v) is 4.84. The third-order valence-corrected chi connectivity index (χ3v) is 3.31. The van der Waals surface area contributed by atoms with Crippen LogP contribution in [0.25, 0.3) is 0 Å². The molecule has 2 rings (SSSR count). The molecule has 1 N–H and O–H groups in total. The minimum absolute atomic E-state index is 0.351. The molecule has 0 spiro atoms. The first-order valence-corrected chi connectivity index (χ1v) is 6.73. The third-order valence-electron chi connectivity index (χ3n) is 3.31. The van der Waals surface area contributed by atoms with E-state index in [-0.39, 0.29) is 0 Å². The molecule has 0 bridgehead atoms. The highest BCUT2D eigenvalue weighted by atomic mass is 19.4. The molecule has 1 aliphatic rings. The largest absolute Gasteiger partial charge is 0.416 e. The molecule has 6 heteroatoms. The van der Waals surface area contributed by atoms with Crippen LogP contribution in [0.1, 0.15) is 11.1 Å². The lowest BCUT2D eigenvalue weighted by atomic mass is 10.1. The fourth-order valence-corrected chi connectivity index (χ4v) is 2.11. The van der Waals surface area contributed by atoms with Gasteiger partial charge in [0.1, 0.15) is 0 Å². The van der Waals surface area contributed by atoms with Gasteiger partial charge in [0, 0.05) is 32.7 Å². The van der Waals surface area contributed by atoms with Crippen LogP contribution in [-0.4, -0.2) is 44.2 Å². The van der Waals surface area contributed by atoms with Gasteiger partial charge in [-0.05, 0) is 17.7 Å². The SMILES string of the molecule is FC(F)(F)c1ccc(COCCN2CCNCC2)cc1. The maximum Gasteiger partial charge on any atom is 0.416 e. The second kappa shape index (κ2) is 7.06. The molecule has 1 aromatic carbocycles. The van der Waals surface area contributed by atoms with Crippen molar-refractivity contribution in [2.45, 2.75) is 12.8 Å². The lowest BCUT2D eigenvalue weighted by molar-refractivity contribution is -0.137. The van der Waals surface area contributed by atoms with E-state index in [9.17, 15) is 13.2 Å². The Morgan fingerprint density at radius 2 is 1.75 bits per heavy atom. The number of nitrogens with zero attached hydrogens (tertiary/aromatic N) is 1. The van der Waals surface area contributed by atoms with Gasteiger partial charge >= 0.3 is 6.18 Å². The maximum absolute atomic E-state index is 12.4. The Hall–Kier alpha value is -1.11. The van der Waals surface area contributed by atoms with Crippen molar-refractivity contribution in [3.8, 4) is 0 Å². The highest BCUT2D eigenvalue weighted by Crippen LogP contribution is 2.29. The molecule has 0 radical (unpaired) electrons. The Balaban J connectivity index is 1.68. The minimum atomic E-state index is -4.28. The van der Waals surface area contributed by atoms with Crippen molar-refractivity contribution in [2.24, 2.45) is 0 Å². The zero-order valence-electron chi connectivity index (χ0n) is 11.2. The summed E-state index contributed by atoms with van der Waals surface area (Å²) >= 11 is 0. The van der Waals surface area contributed by atoms with Crippen molar-refractivity contribution in [1.82, 2.24) is 10.2 Å². The molecule has 1 aromatic rings. The van der Waals surface area contributed by atoms with Crippen LogP contribution in [0.4, 0.5) is 13.2 Å². The highest BCUT2D eigenvalue weighted by Gasteiger charge is 2.29. The average molecular weight is 288 g/mol. The lowest BCUT2D eigenvalue weighted by Gasteiger charge is -2.26. The van der Waals surface area contributed by atoms with Crippen LogP contribution in [0, 0.1) is 0 Å². The van der Waals surface area contributed by atoms with Crippen LogP contribution >= 0.6 is 0 Å². The van der Waals surface area contributed by atoms with E-state index in [0.29, 0.717) is 13.2 Å². The number of hydrogen-bond acceptors (Lipinski definition) is 3. The Morgan fingerprint density at radius 3 is 2.35 bits per heavy atom. The van der Waals surface area contributed by atoms with Gasteiger partial charge in [0.05, 0.1) is 18.8 Å². The zero-order chi connectivity index (χ0) is 14.4. The molecular formula is C14H19F3N2O. The number of ether oxygens (including phenoxy) is 1. The van der Waals surface area contributed by atoms with E-state index in [1.165, 1.54) is 12.1 Å². The number of benzene rings is 1. The number of nitrogens with one attached hydrogen (secondary N) is 1. The maximum atomic E-state index is 12.4. The van der Waals surface area contributed by atoms with E-state index >= 15 is 0 Å². The third kappa shape index (κ3) is 4.77. The summed E-state index contributed by atoms with van der Waals surface area (Å²) in [5.41, 5.74) is 0.139. The van der Waals surface area contributed by atoms with Gasteiger partial charge in [-0.3, -0.25) is 4.90 Å². The molecule has 112 valence electrons. The Kier molecular flexibility index (Phi) is 5.39. The van der Waals surface area contributed by atoms with E-state index in [1.807, 2.05) is 0 Å². The highest BCUT2D eigenvalue weighted by molar-refractivity contribution is 5.24. The molecule has 0 saturated carbocycles. The molecule has 1 heterocycles. The van der Waals surface area contributed by atoms with Crippen molar-refractivity contribution in [1.29, 1.82) is 0 Å². The van der Waals surface area contributed by atoms with Gasteiger partial charge in [-0.15, -0.1) is 0 Å². The van der Waals surface area contributed by atoms with Crippen LogP contribution in [0.2, 0.25) is 0 Å². The number of halogens is 3. The van der Waals surface area contributed by atoms with E-state index in [0.717, 1.165) is 50.4 Å². The molecule has 1 saturated heterocycles. The van der Waals surface area contributed by atoms with Crippen molar-refractivity contribution < 1.29 is 17.9 Å². The van der Waals surface area contributed by atoms with Crippen molar-refractivity contribution in [3.05, 3.63) is 35.4 Å². The van der Waals surface area contributed by atoms with Gasteiger partial charge in [0.25, 0.3) is 0 Å². The minimum Gasteiger partial charge on any atom is -0.375 e. The van der Waals surface area contributed by atoms with Gasteiger partial charge < -0.3 is 10.1 Å². The Labute approximate surface area is 116 Å². The van der Waals surface area contributed by atoms with Crippen LogP contribution in [0.15, 0.2) is 24.3 Å². The fraction of sp³-hybridized carbons (Fsp3) is 0.571. The Morgan fingerprint density at radius 1 is 1.10 bits per heavy atom. The molecule has 0 aromatic heterocycles. The summed E-state index contributed by atoms with van der Waals surface area (Å²) in [7, 11) is 0. The van der Waals surface area contributed by atoms with Gasteiger partial charge in [-0.25, -0.2) is 0 Å². The smallest absolute Gasteiger partial charge is 0.375 e. The molecular weight excluding hydrogens is 269 g/mol. The zero-order valence-corrected chi connectivity index (χ0v) is 11.2. The number of alkyl halides is 3. The Bertz CT molecular complexity index is 400. The van der Waals surface area contributed by atoms with Crippen LogP contribution in [-0.2, 0) is 17.5 Å². The predicted octanol–water partition coefficient (Wildman–Crippen LogP) is 2.13. The number of piperazine rings is 1. The van der Waals surface area contributed by atoms with Crippen LogP contribution < -0.4 is 5.32 Å². The van der Waals surface area contributed by atoms with Gasteiger partial charge in [-0.1, -0.05) is 12.1 Å². The molecule has 0 atom stereocenters. The quantitative estimate of drug-likeness (QED) is 0.840. The molecule has 1 fully saturated rings. The van der Waals surface area contributed by atoms with E-state index in [4.69, 9.17) is 4.74 Å². The van der Waals surface area contributed by atoms with Crippen molar-refractivity contribution >= 4 is 0 Å². The standard InChI is InChI=1S/C14H19F3N2O/c15-14(16,17)13-3-1-12(2-4-13)11-20-10-9-19-7-5-18-6-8-19/h1-4,18H,5-11H2. The summed E-state index contributed by atoms with van der Waals surface area (Å²) in [5.74, 6) is 0. The van der Waals surface area contributed by atoms with Crippen molar-refractivity contribution in [2.75, 3.05) is 39.3 Å². The van der Waals surface area contributed by atoms with Crippen LogP contribution in [0.5, 0.6) is 0 Å².